The number of amides is 2. The Labute approximate surface area is 188 Å². The lowest BCUT2D eigenvalue weighted by molar-refractivity contribution is -0.127. The fraction of sp³-hybridized carbons (Fsp3) is 0.542. The number of fused-ring (bicyclic) bond motifs is 1. The fourth-order valence-electron chi connectivity index (χ4n) is 4.53. The van der Waals surface area contributed by atoms with Crippen LogP contribution in [0.1, 0.15) is 76.0 Å². The van der Waals surface area contributed by atoms with E-state index in [1.165, 1.54) is 6.42 Å². The Balaban J connectivity index is 1.76. The van der Waals surface area contributed by atoms with Crippen molar-refractivity contribution < 1.29 is 9.59 Å². The fourth-order valence-corrected chi connectivity index (χ4v) is 4.66. The van der Waals surface area contributed by atoms with Crippen LogP contribution in [0.3, 0.4) is 0 Å². The zero-order valence-electron chi connectivity index (χ0n) is 18.7. The summed E-state index contributed by atoms with van der Waals surface area (Å²) in [7, 11) is 0. The number of anilines is 1. The van der Waals surface area contributed by atoms with Crippen LogP contribution >= 0.6 is 11.6 Å². The van der Waals surface area contributed by atoms with Crippen molar-refractivity contribution in [2.45, 2.75) is 83.3 Å². The van der Waals surface area contributed by atoms with Crippen molar-refractivity contribution in [2.24, 2.45) is 0 Å². The Bertz CT molecular complexity index is 986. The lowest BCUT2D eigenvalue weighted by Gasteiger charge is -2.44. The molecule has 1 unspecified atom stereocenters. The first-order valence-electron chi connectivity index (χ1n) is 11.1. The molecule has 2 amide bonds. The summed E-state index contributed by atoms with van der Waals surface area (Å²) in [5.41, 5.74) is 0.694. The van der Waals surface area contributed by atoms with Crippen LogP contribution in [0.2, 0.25) is 5.02 Å². The molecule has 1 N–H and O–H groups in total. The van der Waals surface area contributed by atoms with Gasteiger partial charge in [-0.15, -0.1) is 0 Å². The number of benzene rings is 1. The normalized spacial score (nSPS) is 22.4. The molecule has 6 nitrogen and oxygen atoms in total. The molecule has 166 valence electrons. The maximum absolute atomic E-state index is 13.7. The number of rotatable bonds is 3. The van der Waals surface area contributed by atoms with Gasteiger partial charge in [-0.05, 0) is 50.1 Å². The Morgan fingerprint density at radius 3 is 2.42 bits per heavy atom. The minimum Gasteiger partial charge on any atom is -0.351 e. The van der Waals surface area contributed by atoms with E-state index >= 15 is 0 Å². The van der Waals surface area contributed by atoms with Gasteiger partial charge in [-0.3, -0.25) is 19.2 Å². The van der Waals surface area contributed by atoms with Gasteiger partial charge >= 0.3 is 0 Å². The van der Waals surface area contributed by atoms with E-state index in [0.717, 1.165) is 31.4 Å². The molecule has 1 fully saturated rings. The van der Waals surface area contributed by atoms with Gasteiger partial charge in [0.05, 0.1) is 12.2 Å². The molecule has 0 saturated heterocycles. The molecule has 1 atom stereocenters. The summed E-state index contributed by atoms with van der Waals surface area (Å²) in [6.45, 7) is 8.33. The zero-order valence-corrected chi connectivity index (χ0v) is 19.5. The van der Waals surface area contributed by atoms with E-state index in [1.807, 2.05) is 13.0 Å². The van der Waals surface area contributed by atoms with Crippen molar-refractivity contribution in [1.29, 1.82) is 0 Å². The van der Waals surface area contributed by atoms with E-state index in [-0.39, 0.29) is 23.3 Å². The van der Waals surface area contributed by atoms with Gasteiger partial charge in [0.1, 0.15) is 11.2 Å². The second-order valence-electron chi connectivity index (χ2n) is 10.0. The molecule has 1 aromatic heterocycles. The molecule has 2 heterocycles. The molecule has 7 heteroatoms. The highest BCUT2D eigenvalue weighted by atomic mass is 35.5. The summed E-state index contributed by atoms with van der Waals surface area (Å²) >= 11 is 6.09. The average molecular weight is 443 g/mol. The highest BCUT2D eigenvalue weighted by Crippen LogP contribution is 2.35. The first-order chi connectivity index (χ1) is 14.6. The van der Waals surface area contributed by atoms with Crippen LogP contribution in [0.5, 0.6) is 0 Å². The molecule has 4 rings (SSSR count). The van der Waals surface area contributed by atoms with Crippen molar-refractivity contribution >= 4 is 29.1 Å². The van der Waals surface area contributed by atoms with Gasteiger partial charge in [0, 0.05) is 22.2 Å². The summed E-state index contributed by atoms with van der Waals surface area (Å²) in [5, 5.41) is 8.52. The molecule has 2 aliphatic rings. The number of nitrogens with one attached hydrogen (secondary N) is 1. The minimum absolute atomic E-state index is 0.138. The summed E-state index contributed by atoms with van der Waals surface area (Å²) < 4.78 is 1.70. The summed E-state index contributed by atoms with van der Waals surface area (Å²) in [6, 6.07) is 9.09. The maximum Gasteiger partial charge on any atom is 0.277 e. The highest BCUT2D eigenvalue weighted by molar-refractivity contribution is 6.30. The van der Waals surface area contributed by atoms with E-state index in [0.29, 0.717) is 22.9 Å². The Hall–Kier alpha value is -2.34. The van der Waals surface area contributed by atoms with Gasteiger partial charge in [0.2, 0.25) is 5.91 Å². The molecule has 1 aliphatic carbocycles. The molecule has 1 saturated carbocycles. The number of hydrogen-bond donors (Lipinski definition) is 1. The van der Waals surface area contributed by atoms with Crippen LogP contribution in [-0.4, -0.2) is 33.2 Å². The molecule has 31 heavy (non-hydrogen) atoms. The molecule has 0 spiro atoms. The summed E-state index contributed by atoms with van der Waals surface area (Å²) in [4.78, 5) is 28.9. The third kappa shape index (κ3) is 4.10. The number of carbonyl (C=O) groups excluding carboxylic acids is 2. The van der Waals surface area contributed by atoms with E-state index in [1.54, 1.807) is 33.8 Å². The van der Waals surface area contributed by atoms with Gasteiger partial charge < -0.3 is 5.32 Å². The molecular formula is C24H31ClN4O2. The van der Waals surface area contributed by atoms with Gasteiger partial charge in [0.15, 0.2) is 0 Å². The predicted molar refractivity (Wildman–Crippen MR) is 123 cm³/mol. The number of hydrogen-bond acceptors (Lipinski definition) is 3. The van der Waals surface area contributed by atoms with E-state index in [2.05, 4.69) is 26.1 Å². The van der Waals surface area contributed by atoms with Crippen LogP contribution in [0.4, 0.5) is 5.69 Å². The standard InChI is InChI=1S/C24H31ClN4O2/c1-23(2,3)20-14-19-21(30)29(18-12-10-16(25)11-13-18)24(4,15-28(19)27-20)22(31)26-17-8-6-5-7-9-17/h10-14,17H,5-9,15H2,1-4H3,(H,26,31). The Morgan fingerprint density at radius 1 is 1.16 bits per heavy atom. The lowest BCUT2D eigenvalue weighted by atomic mass is 9.90. The summed E-state index contributed by atoms with van der Waals surface area (Å²) in [5.74, 6) is -0.362. The minimum atomic E-state index is -1.10. The van der Waals surface area contributed by atoms with Crippen LogP contribution < -0.4 is 10.2 Å². The van der Waals surface area contributed by atoms with Gasteiger partial charge in [0.25, 0.3) is 5.91 Å². The van der Waals surface area contributed by atoms with Crippen LogP contribution in [0.25, 0.3) is 0 Å². The number of halogens is 1. The summed E-state index contributed by atoms with van der Waals surface area (Å²) in [6.07, 6.45) is 5.43. The topological polar surface area (TPSA) is 67.2 Å². The number of nitrogens with zero attached hydrogens (tertiary/aromatic N) is 3. The van der Waals surface area contributed by atoms with E-state index < -0.39 is 5.54 Å². The second kappa shape index (κ2) is 7.97. The van der Waals surface area contributed by atoms with E-state index in [9.17, 15) is 9.59 Å². The smallest absolute Gasteiger partial charge is 0.277 e. The second-order valence-corrected chi connectivity index (χ2v) is 10.5. The number of aromatic nitrogens is 2. The molecule has 1 aliphatic heterocycles. The SMILES string of the molecule is CC(C)(C)c1cc2n(n1)CC(C)(C(=O)NC1CCCCC1)N(c1ccc(Cl)cc1)C2=O. The number of carbonyl (C=O) groups is 2. The van der Waals surface area contributed by atoms with Gasteiger partial charge in [-0.1, -0.05) is 51.6 Å². The Morgan fingerprint density at radius 2 is 1.81 bits per heavy atom. The molecule has 0 radical (unpaired) electrons. The Kier molecular flexibility index (Phi) is 5.63. The van der Waals surface area contributed by atoms with Crippen LogP contribution in [0.15, 0.2) is 30.3 Å². The van der Waals surface area contributed by atoms with Crippen molar-refractivity contribution in [2.75, 3.05) is 4.90 Å². The van der Waals surface area contributed by atoms with E-state index in [4.69, 9.17) is 16.7 Å². The van der Waals surface area contributed by atoms with Crippen molar-refractivity contribution in [3.63, 3.8) is 0 Å². The molecular weight excluding hydrogens is 412 g/mol. The average Bonchev–Trinajstić information content (AvgIpc) is 3.15. The highest BCUT2D eigenvalue weighted by Gasteiger charge is 2.49. The third-order valence-electron chi connectivity index (χ3n) is 6.44. The monoisotopic (exact) mass is 442 g/mol. The quantitative estimate of drug-likeness (QED) is 0.748. The largest absolute Gasteiger partial charge is 0.351 e. The van der Waals surface area contributed by atoms with Crippen molar-refractivity contribution in [1.82, 2.24) is 15.1 Å². The van der Waals surface area contributed by atoms with Gasteiger partial charge in [-0.25, -0.2) is 0 Å². The molecule has 0 bridgehead atoms. The molecule has 1 aromatic carbocycles. The molecule has 2 aromatic rings. The maximum atomic E-state index is 13.7. The predicted octanol–water partition coefficient (Wildman–Crippen LogP) is 4.70. The van der Waals surface area contributed by atoms with Crippen LogP contribution in [0, 0.1) is 0 Å². The zero-order chi connectivity index (χ0) is 22.4. The van der Waals surface area contributed by atoms with Crippen molar-refractivity contribution in [3.05, 3.63) is 46.7 Å². The van der Waals surface area contributed by atoms with Gasteiger partial charge in [-0.2, -0.15) is 5.10 Å². The third-order valence-corrected chi connectivity index (χ3v) is 6.69. The van der Waals surface area contributed by atoms with Crippen molar-refractivity contribution in [3.8, 4) is 0 Å². The van der Waals surface area contributed by atoms with Crippen LogP contribution in [-0.2, 0) is 16.8 Å². The lowest BCUT2D eigenvalue weighted by Crippen LogP contribution is -2.65. The first kappa shape index (κ1) is 21.9. The first-order valence-corrected chi connectivity index (χ1v) is 11.5.